The van der Waals surface area contributed by atoms with E-state index in [-0.39, 0.29) is 17.6 Å². The number of aryl methyl sites for hydroxylation is 2. The summed E-state index contributed by atoms with van der Waals surface area (Å²) >= 11 is 1.66. The first kappa shape index (κ1) is 17.8. The Morgan fingerprint density at radius 1 is 1.20 bits per heavy atom. The average molecular weight is 357 g/mol. The van der Waals surface area contributed by atoms with Crippen LogP contribution in [0, 0.1) is 19.8 Å². The van der Waals surface area contributed by atoms with Gasteiger partial charge in [-0.05, 0) is 51.1 Å². The smallest absolute Gasteiger partial charge is 0.257 e. The zero-order valence-electron chi connectivity index (χ0n) is 14.9. The van der Waals surface area contributed by atoms with Crippen molar-refractivity contribution in [3.05, 3.63) is 53.0 Å². The second-order valence-corrected chi connectivity index (χ2v) is 7.39. The fourth-order valence-corrected chi connectivity index (χ4v) is 3.79. The van der Waals surface area contributed by atoms with Crippen molar-refractivity contribution in [2.45, 2.75) is 31.6 Å². The van der Waals surface area contributed by atoms with E-state index in [0.29, 0.717) is 24.4 Å². The minimum Gasteiger partial charge on any atom is -0.466 e. The van der Waals surface area contributed by atoms with Crippen LogP contribution in [-0.2, 0) is 0 Å². The van der Waals surface area contributed by atoms with Crippen LogP contribution >= 0.6 is 11.8 Å². The SMILES string of the molecule is CSc1ccc(C(=O)[C@H]2CCCN(C(=O)c3cc(C)oc3C)C2)cc1. The molecule has 132 valence electrons. The summed E-state index contributed by atoms with van der Waals surface area (Å²) in [5, 5.41) is 0. The Balaban J connectivity index is 1.72. The molecule has 0 unspecified atom stereocenters. The lowest BCUT2D eigenvalue weighted by atomic mass is 9.89. The van der Waals surface area contributed by atoms with Crippen LogP contribution in [0.1, 0.15) is 45.1 Å². The van der Waals surface area contributed by atoms with Crippen molar-refractivity contribution < 1.29 is 14.0 Å². The van der Waals surface area contributed by atoms with Crippen LogP contribution in [0.25, 0.3) is 0 Å². The van der Waals surface area contributed by atoms with Crippen LogP contribution in [0.4, 0.5) is 0 Å². The summed E-state index contributed by atoms with van der Waals surface area (Å²) in [5.74, 6) is 1.34. The molecule has 1 aliphatic heterocycles. The molecule has 0 N–H and O–H groups in total. The van der Waals surface area contributed by atoms with Crippen LogP contribution < -0.4 is 0 Å². The van der Waals surface area contributed by atoms with Gasteiger partial charge in [0, 0.05) is 29.5 Å². The van der Waals surface area contributed by atoms with Gasteiger partial charge in [-0.25, -0.2) is 0 Å². The van der Waals surface area contributed by atoms with Crippen molar-refractivity contribution in [1.82, 2.24) is 4.90 Å². The predicted molar refractivity (Wildman–Crippen MR) is 99.4 cm³/mol. The molecule has 0 aliphatic carbocycles. The van der Waals surface area contributed by atoms with Crippen molar-refractivity contribution >= 4 is 23.5 Å². The third kappa shape index (κ3) is 3.82. The second kappa shape index (κ2) is 7.48. The highest BCUT2D eigenvalue weighted by atomic mass is 32.2. The van der Waals surface area contributed by atoms with Gasteiger partial charge in [-0.2, -0.15) is 0 Å². The molecule has 2 aromatic rings. The monoisotopic (exact) mass is 357 g/mol. The van der Waals surface area contributed by atoms with Crippen molar-refractivity contribution in [3.8, 4) is 0 Å². The lowest BCUT2D eigenvalue weighted by molar-refractivity contribution is 0.0635. The Hall–Kier alpha value is -2.01. The number of carbonyl (C=O) groups is 2. The number of carbonyl (C=O) groups excluding carboxylic acids is 2. The first-order valence-electron chi connectivity index (χ1n) is 8.54. The minimum atomic E-state index is -0.133. The summed E-state index contributed by atoms with van der Waals surface area (Å²) < 4.78 is 5.48. The number of hydrogen-bond acceptors (Lipinski definition) is 4. The highest BCUT2D eigenvalue weighted by Gasteiger charge is 2.30. The second-order valence-electron chi connectivity index (χ2n) is 6.51. The van der Waals surface area contributed by atoms with Crippen molar-refractivity contribution in [3.63, 3.8) is 0 Å². The third-order valence-corrected chi connectivity index (χ3v) is 5.47. The van der Waals surface area contributed by atoms with E-state index < -0.39 is 0 Å². The number of ketones is 1. The van der Waals surface area contributed by atoms with Crippen molar-refractivity contribution in [1.29, 1.82) is 0 Å². The predicted octanol–water partition coefficient (Wildman–Crippen LogP) is 4.35. The molecular weight excluding hydrogens is 334 g/mol. The van der Waals surface area contributed by atoms with Gasteiger partial charge in [0.25, 0.3) is 5.91 Å². The standard InChI is InChI=1S/C20H23NO3S/c1-13-11-18(14(2)24-13)20(23)21-10-4-5-16(12-21)19(22)15-6-8-17(25-3)9-7-15/h6-9,11,16H,4-5,10,12H2,1-3H3/t16-/m0/s1. The van der Waals surface area contributed by atoms with Gasteiger partial charge in [0.2, 0.25) is 0 Å². The molecule has 1 amide bonds. The van der Waals surface area contributed by atoms with Crippen LogP contribution in [-0.4, -0.2) is 35.9 Å². The number of nitrogens with zero attached hydrogens (tertiary/aromatic N) is 1. The Kier molecular flexibility index (Phi) is 5.33. The number of amides is 1. The maximum Gasteiger partial charge on any atom is 0.257 e. The van der Waals surface area contributed by atoms with Crippen molar-refractivity contribution in [2.75, 3.05) is 19.3 Å². The molecular formula is C20H23NO3S. The van der Waals surface area contributed by atoms with Crippen LogP contribution in [0.2, 0.25) is 0 Å². The summed E-state index contributed by atoms with van der Waals surface area (Å²) in [6, 6.07) is 9.50. The molecule has 3 rings (SSSR count). The van der Waals surface area contributed by atoms with E-state index in [4.69, 9.17) is 4.42 Å². The first-order chi connectivity index (χ1) is 12.0. The largest absolute Gasteiger partial charge is 0.466 e. The first-order valence-corrected chi connectivity index (χ1v) is 9.76. The highest BCUT2D eigenvalue weighted by Crippen LogP contribution is 2.25. The summed E-state index contributed by atoms with van der Waals surface area (Å²) in [5.41, 5.74) is 1.34. The van der Waals surface area contributed by atoms with E-state index in [9.17, 15) is 9.59 Å². The molecule has 1 atom stereocenters. The third-order valence-electron chi connectivity index (χ3n) is 4.73. The molecule has 2 heterocycles. The number of hydrogen-bond donors (Lipinski definition) is 0. The normalized spacial score (nSPS) is 17.6. The molecule has 5 heteroatoms. The Labute approximate surface area is 152 Å². The number of thioether (sulfide) groups is 1. The van der Waals surface area contributed by atoms with Gasteiger partial charge in [0.15, 0.2) is 5.78 Å². The average Bonchev–Trinajstić information content (AvgIpc) is 2.98. The quantitative estimate of drug-likeness (QED) is 0.603. The minimum absolute atomic E-state index is 0.0374. The van der Waals surface area contributed by atoms with E-state index in [2.05, 4.69) is 0 Å². The molecule has 1 aliphatic rings. The summed E-state index contributed by atoms with van der Waals surface area (Å²) in [6.07, 6.45) is 3.69. The van der Waals surface area contributed by atoms with E-state index in [0.717, 1.165) is 29.1 Å². The highest BCUT2D eigenvalue weighted by molar-refractivity contribution is 7.98. The maximum absolute atomic E-state index is 12.8. The van der Waals surface area contributed by atoms with Crippen LogP contribution in [0.3, 0.4) is 0 Å². The van der Waals surface area contributed by atoms with E-state index >= 15 is 0 Å². The molecule has 1 aromatic heterocycles. The van der Waals surface area contributed by atoms with E-state index in [1.165, 1.54) is 0 Å². The fraction of sp³-hybridized carbons (Fsp3) is 0.400. The lowest BCUT2D eigenvalue weighted by Gasteiger charge is -2.32. The summed E-state index contributed by atoms with van der Waals surface area (Å²) in [6.45, 7) is 4.81. The fourth-order valence-electron chi connectivity index (χ4n) is 3.38. The Bertz CT molecular complexity index is 779. The van der Waals surface area contributed by atoms with Crippen LogP contribution in [0.5, 0.6) is 0 Å². The molecule has 1 aromatic carbocycles. The Morgan fingerprint density at radius 2 is 1.92 bits per heavy atom. The molecule has 4 nitrogen and oxygen atoms in total. The van der Waals surface area contributed by atoms with Gasteiger partial charge in [-0.3, -0.25) is 9.59 Å². The molecule has 1 saturated heterocycles. The van der Waals surface area contributed by atoms with Crippen LogP contribution in [0.15, 0.2) is 39.6 Å². The van der Waals surface area contributed by atoms with Crippen molar-refractivity contribution in [2.24, 2.45) is 5.92 Å². The van der Waals surface area contributed by atoms with Gasteiger partial charge in [-0.15, -0.1) is 11.8 Å². The molecule has 0 radical (unpaired) electrons. The molecule has 1 fully saturated rings. The summed E-state index contributed by atoms with van der Waals surface area (Å²) in [7, 11) is 0. The summed E-state index contributed by atoms with van der Waals surface area (Å²) in [4.78, 5) is 28.5. The van der Waals surface area contributed by atoms with E-state index in [1.807, 2.05) is 37.4 Å². The number of likely N-dealkylation sites (tertiary alicyclic amines) is 1. The van der Waals surface area contributed by atoms with Gasteiger partial charge in [0.1, 0.15) is 11.5 Å². The van der Waals surface area contributed by atoms with Gasteiger partial charge in [-0.1, -0.05) is 12.1 Å². The zero-order chi connectivity index (χ0) is 18.0. The molecule has 25 heavy (non-hydrogen) atoms. The number of piperidine rings is 1. The molecule has 0 bridgehead atoms. The van der Waals surface area contributed by atoms with E-state index in [1.54, 1.807) is 29.7 Å². The number of benzene rings is 1. The Morgan fingerprint density at radius 3 is 2.52 bits per heavy atom. The molecule has 0 saturated carbocycles. The number of furan rings is 1. The maximum atomic E-state index is 12.8. The van der Waals surface area contributed by atoms with Gasteiger partial charge >= 0.3 is 0 Å². The van der Waals surface area contributed by atoms with Gasteiger partial charge < -0.3 is 9.32 Å². The zero-order valence-corrected chi connectivity index (χ0v) is 15.7. The number of Topliss-reactive ketones (excluding diaryl/α,β-unsaturated/α-hetero) is 1. The van der Waals surface area contributed by atoms with Gasteiger partial charge in [0.05, 0.1) is 5.56 Å². The number of rotatable bonds is 4. The lowest BCUT2D eigenvalue weighted by Crippen LogP contribution is -2.42. The molecule has 0 spiro atoms. The topological polar surface area (TPSA) is 50.5 Å².